The molecule has 2 aliphatic rings. The van der Waals surface area contributed by atoms with Crippen molar-refractivity contribution in [1.29, 1.82) is 0 Å². The maximum atomic E-state index is 12.9. The van der Waals surface area contributed by atoms with E-state index in [2.05, 4.69) is 0 Å². The fourth-order valence-electron chi connectivity index (χ4n) is 2.34. The Kier molecular flexibility index (Phi) is 1.93. The summed E-state index contributed by atoms with van der Waals surface area (Å²) >= 11 is 0. The smallest absolute Gasteiger partial charge is 0.249 e. The Labute approximate surface area is 76.5 Å². The average Bonchev–Trinajstić information content (AvgIpc) is 2.78. The highest BCUT2D eigenvalue weighted by atomic mass is 19.3. The standard InChI is InChI=1S/C10H14F2O/c11-10(12)4-3-9(6-10,7-13)5-8-1-2-8/h7-8H,1-6H2. The lowest BCUT2D eigenvalue weighted by Gasteiger charge is -2.21. The molecule has 0 aromatic carbocycles. The summed E-state index contributed by atoms with van der Waals surface area (Å²) in [6, 6.07) is 0. The molecule has 1 nitrogen and oxygen atoms in total. The van der Waals surface area contributed by atoms with Crippen molar-refractivity contribution in [2.45, 2.75) is 44.4 Å². The highest BCUT2D eigenvalue weighted by molar-refractivity contribution is 5.60. The number of carbonyl (C=O) groups excluding carboxylic acids is 1. The normalized spacial score (nSPS) is 37.7. The number of rotatable bonds is 3. The van der Waals surface area contributed by atoms with Gasteiger partial charge in [-0.25, -0.2) is 8.78 Å². The Morgan fingerprint density at radius 1 is 1.31 bits per heavy atom. The minimum absolute atomic E-state index is 0.0987. The molecule has 0 spiro atoms. The first-order valence-electron chi connectivity index (χ1n) is 4.89. The zero-order valence-electron chi connectivity index (χ0n) is 7.56. The molecule has 0 aromatic heterocycles. The monoisotopic (exact) mass is 188 g/mol. The first kappa shape index (κ1) is 9.10. The van der Waals surface area contributed by atoms with Crippen molar-refractivity contribution < 1.29 is 13.6 Å². The van der Waals surface area contributed by atoms with Crippen molar-refractivity contribution in [3.8, 4) is 0 Å². The summed E-state index contributed by atoms with van der Waals surface area (Å²) in [7, 11) is 0. The minimum atomic E-state index is -2.59. The fraction of sp³-hybridized carbons (Fsp3) is 0.900. The molecule has 74 valence electrons. The number of halogens is 2. The van der Waals surface area contributed by atoms with E-state index in [0.717, 1.165) is 19.1 Å². The van der Waals surface area contributed by atoms with Crippen molar-refractivity contribution in [2.24, 2.45) is 11.3 Å². The molecule has 0 saturated heterocycles. The fourth-order valence-corrected chi connectivity index (χ4v) is 2.34. The lowest BCUT2D eigenvalue weighted by molar-refractivity contribution is -0.118. The van der Waals surface area contributed by atoms with Crippen molar-refractivity contribution >= 4 is 6.29 Å². The number of carbonyl (C=O) groups is 1. The van der Waals surface area contributed by atoms with Crippen LogP contribution in [-0.2, 0) is 4.79 Å². The second kappa shape index (κ2) is 2.76. The molecule has 0 amide bonds. The molecule has 0 aliphatic heterocycles. The SMILES string of the molecule is O=CC1(CC2CC2)CCC(F)(F)C1. The third kappa shape index (κ3) is 1.89. The van der Waals surface area contributed by atoms with Crippen molar-refractivity contribution in [2.75, 3.05) is 0 Å². The van der Waals surface area contributed by atoms with Crippen molar-refractivity contribution in [1.82, 2.24) is 0 Å². The van der Waals surface area contributed by atoms with Gasteiger partial charge in [0.15, 0.2) is 0 Å². The Balaban J connectivity index is 2.03. The van der Waals surface area contributed by atoms with Gasteiger partial charge in [0.25, 0.3) is 0 Å². The number of alkyl halides is 2. The van der Waals surface area contributed by atoms with Crippen LogP contribution in [0, 0.1) is 11.3 Å². The van der Waals surface area contributed by atoms with Crippen LogP contribution in [0.2, 0.25) is 0 Å². The average molecular weight is 188 g/mol. The van der Waals surface area contributed by atoms with Gasteiger partial charge in [0, 0.05) is 18.3 Å². The maximum Gasteiger partial charge on any atom is 0.249 e. The van der Waals surface area contributed by atoms with Crippen LogP contribution < -0.4 is 0 Å². The van der Waals surface area contributed by atoms with Crippen LogP contribution >= 0.6 is 0 Å². The van der Waals surface area contributed by atoms with E-state index in [0.29, 0.717) is 18.8 Å². The van der Waals surface area contributed by atoms with Gasteiger partial charge in [-0.2, -0.15) is 0 Å². The summed E-state index contributed by atoms with van der Waals surface area (Å²) < 4.78 is 25.9. The van der Waals surface area contributed by atoms with Crippen molar-refractivity contribution in [3.05, 3.63) is 0 Å². The Morgan fingerprint density at radius 2 is 2.00 bits per heavy atom. The van der Waals surface area contributed by atoms with Gasteiger partial charge in [-0.1, -0.05) is 12.8 Å². The maximum absolute atomic E-state index is 12.9. The molecule has 1 unspecified atom stereocenters. The van der Waals surface area contributed by atoms with Gasteiger partial charge in [0.2, 0.25) is 5.92 Å². The van der Waals surface area contributed by atoms with E-state index in [1.807, 2.05) is 0 Å². The molecule has 1 atom stereocenters. The molecular weight excluding hydrogens is 174 g/mol. The second-order valence-corrected chi connectivity index (χ2v) is 4.66. The summed E-state index contributed by atoms with van der Waals surface area (Å²) in [5, 5.41) is 0. The van der Waals surface area contributed by atoms with E-state index < -0.39 is 11.3 Å². The quantitative estimate of drug-likeness (QED) is 0.622. The van der Waals surface area contributed by atoms with Crippen LogP contribution in [0.15, 0.2) is 0 Å². The first-order valence-corrected chi connectivity index (χ1v) is 4.89. The van der Waals surface area contributed by atoms with Crippen LogP contribution in [0.5, 0.6) is 0 Å². The molecule has 0 N–H and O–H groups in total. The van der Waals surface area contributed by atoms with E-state index in [4.69, 9.17) is 0 Å². The zero-order chi connectivity index (χ0) is 9.53. The van der Waals surface area contributed by atoms with Crippen LogP contribution in [0.25, 0.3) is 0 Å². The van der Waals surface area contributed by atoms with E-state index >= 15 is 0 Å². The lowest BCUT2D eigenvalue weighted by Crippen LogP contribution is -2.22. The molecule has 0 heterocycles. The summed E-state index contributed by atoms with van der Waals surface area (Å²) in [6.45, 7) is 0. The molecule has 0 aromatic rings. The van der Waals surface area contributed by atoms with Gasteiger partial charge in [-0.05, 0) is 18.8 Å². The molecule has 2 rings (SSSR count). The summed E-state index contributed by atoms with van der Waals surface area (Å²) in [5.41, 5.74) is -0.676. The van der Waals surface area contributed by atoms with E-state index in [9.17, 15) is 13.6 Å². The highest BCUT2D eigenvalue weighted by Gasteiger charge is 2.51. The van der Waals surface area contributed by atoms with Gasteiger partial charge in [-0.3, -0.25) is 0 Å². The molecule has 2 saturated carbocycles. The second-order valence-electron chi connectivity index (χ2n) is 4.66. The summed E-state index contributed by atoms with van der Waals surface area (Å²) in [4.78, 5) is 10.8. The number of aldehydes is 1. The van der Waals surface area contributed by atoms with Crippen LogP contribution in [0.1, 0.15) is 38.5 Å². The van der Waals surface area contributed by atoms with Gasteiger partial charge in [0.1, 0.15) is 6.29 Å². The highest BCUT2D eigenvalue weighted by Crippen LogP contribution is 2.52. The molecule has 13 heavy (non-hydrogen) atoms. The predicted octanol–water partition coefficient (Wildman–Crippen LogP) is 2.79. The number of hydrogen-bond acceptors (Lipinski definition) is 1. The van der Waals surface area contributed by atoms with E-state index in [-0.39, 0.29) is 12.8 Å². The first-order chi connectivity index (χ1) is 6.05. The van der Waals surface area contributed by atoms with Crippen LogP contribution in [-0.4, -0.2) is 12.2 Å². The van der Waals surface area contributed by atoms with Gasteiger partial charge < -0.3 is 4.79 Å². The number of hydrogen-bond donors (Lipinski definition) is 0. The molecule has 3 heteroatoms. The van der Waals surface area contributed by atoms with Crippen LogP contribution in [0.4, 0.5) is 8.78 Å². The van der Waals surface area contributed by atoms with Gasteiger partial charge in [0.05, 0.1) is 0 Å². The van der Waals surface area contributed by atoms with E-state index in [1.165, 1.54) is 0 Å². The summed E-state index contributed by atoms with van der Waals surface area (Å²) in [6.07, 6.45) is 3.82. The topological polar surface area (TPSA) is 17.1 Å². The summed E-state index contributed by atoms with van der Waals surface area (Å²) in [5.74, 6) is -2.03. The Morgan fingerprint density at radius 3 is 2.38 bits per heavy atom. The van der Waals surface area contributed by atoms with Gasteiger partial charge in [-0.15, -0.1) is 0 Å². The molecule has 0 radical (unpaired) electrons. The van der Waals surface area contributed by atoms with Crippen LogP contribution in [0.3, 0.4) is 0 Å². The largest absolute Gasteiger partial charge is 0.303 e. The third-order valence-corrected chi connectivity index (χ3v) is 3.24. The Hall–Kier alpha value is -0.470. The van der Waals surface area contributed by atoms with Crippen molar-refractivity contribution in [3.63, 3.8) is 0 Å². The van der Waals surface area contributed by atoms with Gasteiger partial charge >= 0.3 is 0 Å². The lowest BCUT2D eigenvalue weighted by atomic mass is 9.82. The third-order valence-electron chi connectivity index (χ3n) is 3.24. The molecule has 2 aliphatic carbocycles. The molecular formula is C10H14F2O. The van der Waals surface area contributed by atoms with E-state index in [1.54, 1.807) is 0 Å². The minimum Gasteiger partial charge on any atom is -0.303 e. The zero-order valence-corrected chi connectivity index (χ0v) is 7.56. The molecule has 2 fully saturated rings. The molecule has 0 bridgehead atoms. The predicted molar refractivity (Wildman–Crippen MR) is 44.6 cm³/mol. The Bertz CT molecular complexity index is 223.